The summed E-state index contributed by atoms with van der Waals surface area (Å²) < 4.78 is 0. The van der Waals surface area contributed by atoms with Crippen LogP contribution >= 0.6 is 0 Å². The quantitative estimate of drug-likeness (QED) is 0.842. The van der Waals surface area contributed by atoms with Crippen LogP contribution in [0.25, 0.3) is 0 Å². The second-order valence-electron chi connectivity index (χ2n) is 5.06. The zero-order chi connectivity index (χ0) is 11.8. The van der Waals surface area contributed by atoms with Gasteiger partial charge in [-0.1, -0.05) is 24.3 Å². The summed E-state index contributed by atoms with van der Waals surface area (Å²) in [5, 5.41) is 9.22. The standard InChI is InChI=1S/C14H17NO2/c16-14(17)13-6-3-7-15(13)12-8-10-4-1-2-5-11(10)9-12/h1-2,4-5,12-13H,3,6-9H2,(H,16,17). The van der Waals surface area contributed by atoms with Crippen molar-refractivity contribution >= 4 is 5.97 Å². The van der Waals surface area contributed by atoms with Crippen LogP contribution in [0.4, 0.5) is 0 Å². The lowest BCUT2D eigenvalue weighted by molar-refractivity contribution is -0.142. The molecule has 1 aromatic rings. The molecule has 1 aromatic carbocycles. The molecule has 1 unspecified atom stereocenters. The predicted octanol–water partition coefficient (Wildman–Crippen LogP) is 1.70. The molecule has 0 spiro atoms. The van der Waals surface area contributed by atoms with Gasteiger partial charge in [0.2, 0.25) is 0 Å². The van der Waals surface area contributed by atoms with Crippen LogP contribution in [0.15, 0.2) is 24.3 Å². The Morgan fingerprint density at radius 3 is 2.47 bits per heavy atom. The van der Waals surface area contributed by atoms with Crippen molar-refractivity contribution in [1.29, 1.82) is 0 Å². The minimum Gasteiger partial charge on any atom is -0.480 e. The van der Waals surface area contributed by atoms with E-state index in [-0.39, 0.29) is 6.04 Å². The average molecular weight is 231 g/mol. The highest BCUT2D eigenvalue weighted by Gasteiger charge is 2.37. The zero-order valence-electron chi connectivity index (χ0n) is 9.80. The van der Waals surface area contributed by atoms with Crippen molar-refractivity contribution < 1.29 is 9.90 Å². The van der Waals surface area contributed by atoms with Gasteiger partial charge in [-0.25, -0.2) is 0 Å². The number of rotatable bonds is 2. The maximum Gasteiger partial charge on any atom is 0.320 e. The lowest BCUT2D eigenvalue weighted by Crippen LogP contribution is -2.43. The molecule has 1 aliphatic heterocycles. The number of benzene rings is 1. The Balaban J connectivity index is 1.78. The van der Waals surface area contributed by atoms with Gasteiger partial charge in [-0.15, -0.1) is 0 Å². The first-order valence-electron chi connectivity index (χ1n) is 6.31. The topological polar surface area (TPSA) is 40.5 Å². The minimum absolute atomic E-state index is 0.255. The summed E-state index contributed by atoms with van der Waals surface area (Å²) in [6, 6.07) is 8.62. The van der Waals surface area contributed by atoms with Gasteiger partial charge in [0.05, 0.1) is 0 Å². The molecule has 1 N–H and O–H groups in total. The summed E-state index contributed by atoms with van der Waals surface area (Å²) in [6.07, 6.45) is 3.85. The van der Waals surface area contributed by atoms with Crippen LogP contribution in [-0.4, -0.2) is 34.6 Å². The molecule has 0 amide bonds. The van der Waals surface area contributed by atoms with Gasteiger partial charge in [0.1, 0.15) is 6.04 Å². The van der Waals surface area contributed by atoms with Crippen LogP contribution in [0, 0.1) is 0 Å². The van der Waals surface area contributed by atoms with E-state index >= 15 is 0 Å². The third kappa shape index (κ3) is 1.84. The van der Waals surface area contributed by atoms with E-state index in [9.17, 15) is 9.90 Å². The highest BCUT2D eigenvalue weighted by atomic mass is 16.4. The highest BCUT2D eigenvalue weighted by Crippen LogP contribution is 2.30. The van der Waals surface area contributed by atoms with Gasteiger partial charge in [-0.3, -0.25) is 9.69 Å². The Morgan fingerprint density at radius 1 is 1.24 bits per heavy atom. The van der Waals surface area contributed by atoms with Gasteiger partial charge in [-0.05, 0) is 43.4 Å². The molecule has 1 saturated heterocycles. The Hall–Kier alpha value is -1.35. The molecule has 0 saturated carbocycles. The smallest absolute Gasteiger partial charge is 0.320 e. The summed E-state index contributed by atoms with van der Waals surface area (Å²) in [4.78, 5) is 13.4. The number of hydrogen-bond donors (Lipinski definition) is 1. The minimum atomic E-state index is -0.654. The number of hydrogen-bond acceptors (Lipinski definition) is 2. The molecule has 3 nitrogen and oxygen atoms in total. The van der Waals surface area contributed by atoms with Crippen LogP contribution in [-0.2, 0) is 17.6 Å². The number of carboxylic acids is 1. The maximum absolute atomic E-state index is 11.2. The van der Waals surface area contributed by atoms with Crippen molar-refractivity contribution in [3.8, 4) is 0 Å². The fourth-order valence-electron chi connectivity index (χ4n) is 3.26. The monoisotopic (exact) mass is 231 g/mol. The van der Waals surface area contributed by atoms with Gasteiger partial charge >= 0.3 is 5.97 Å². The molecule has 0 bridgehead atoms. The lowest BCUT2D eigenvalue weighted by Gasteiger charge is -2.27. The van der Waals surface area contributed by atoms with Gasteiger partial charge in [-0.2, -0.15) is 0 Å². The Kier molecular flexibility index (Phi) is 2.63. The van der Waals surface area contributed by atoms with E-state index in [1.54, 1.807) is 0 Å². The number of fused-ring (bicyclic) bond motifs is 1. The van der Waals surface area contributed by atoms with Crippen LogP contribution in [0.1, 0.15) is 24.0 Å². The van der Waals surface area contributed by atoms with E-state index in [0.717, 1.165) is 32.2 Å². The molecule has 1 fully saturated rings. The van der Waals surface area contributed by atoms with Crippen molar-refractivity contribution in [3.05, 3.63) is 35.4 Å². The number of nitrogens with zero attached hydrogens (tertiary/aromatic N) is 1. The van der Waals surface area contributed by atoms with Crippen molar-refractivity contribution in [2.75, 3.05) is 6.54 Å². The summed E-state index contributed by atoms with van der Waals surface area (Å²) in [6.45, 7) is 0.940. The van der Waals surface area contributed by atoms with Crippen molar-refractivity contribution in [2.24, 2.45) is 0 Å². The Labute approximate surface area is 101 Å². The zero-order valence-corrected chi connectivity index (χ0v) is 9.80. The largest absolute Gasteiger partial charge is 0.480 e. The van der Waals surface area contributed by atoms with Gasteiger partial charge in [0.15, 0.2) is 0 Å². The summed E-state index contributed by atoms with van der Waals surface area (Å²) >= 11 is 0. The van der Waals surface area contributed by atoms with Gasteiger partial charge < -0.3 is 5.11 Å². The lowest BCUT2D eigenvalue weighted by atomic mass is 10.1. The highest BCUT2D eigenvalue weighted by molar-refractivity contribution is 5.73. The van der Waals surface area contributed by atoms with Crippen LogP contribution in [0.5, 0.6) is 0 Å². The summed E-state index contributed by atoms with van der Waals surface area (Å²) in [5.74, 6) is -0.654. The van der Waals surface area contributed by atoms with Crippen molar-refractivity contribution in [3.63, 3.8) is 0 Å². The normalized spacial score (nSPS) is 25.1. The molecule has 2 aliphatic rings. The first-order chi connectivity index (χ1) is 8.25. The maximum atomic E-state index is 11.2. The second kappa shape index (κ2) is 4.15. The van der Waals surface area contributed by atoms with Crippen LogP contribution < -0.4 is 0 Å². The summed E-state index contributed by atoms with van der Waals surface area (Å²) in [7, 11) is 0. The van der Waals surface area contributed by atoms with Crippen LogP contribution in [0.2, 0.25) is 0 Å². The SMILES string of the molecule is O=C(O)C1CCCN1C1Cc2ccccc2C1. The molecule has 0 aromatic heterocycles. The first-order valence-corrected chi connectivity index (χ1v) is 6.31. The molecule has 1 aliphatic carbocycles. The van der Waals surface area contributed by atoms with E-state index in [1.807, 2.05) is 0 Å². The van der Waals surface area contributed by atoms with E-state index in [1.165, 1.54) is 11.1 Å². The molecule has 3 heteroatoms. The van der Waals surface area contributed by atoms with Crippen molar-refractivity contribution in [1.82, 2.24) is 4.90 Å². The molecule has 3 rings (SSSR count). The molecule has 1 atom stereocenters. The number of likely N-dealkylation sites (tertiary alicyclic amines) is 1. The number of carboxylic acid groups (broad SMARTS) is 1. The fraction of sp³-hybridized carbons (Fsp3) is 0.500. The molecular weight excluding hydrogens is 214 g/mol. The van der Waals surface area contributed by atoms with Crippen LogP contribution in [0.3, 0.4) is 0 Å². The van der Waals surface area contributed by atoms with E-state index in [0.29, 0.717) is 6.04 Å². The Bertz CT molecular complexity index is 419. The molecular formula is C14H17NO2. The van der Waals surface area contributed by atoms with Gasteiger partial charge in [0.25, 0.3) is 0 Å². The first kappa shape index (κ1) is 10.8. The third-order valence-electron chi connectivity index (χ3n) is 4.08. The predicted molar refractivity (Wildman–Crippen MR) is 65.0 cm³/mol. The number of aliphatic carboxylic acids is 1. The number of carbonyl (C=O) groups is 1. The fourth-order valence-corrected chi connectivity index (χ4v) is 3.26. The molecule has 0 radical (unpaired) electrons. The van der Waals surface area contributed by atoms with E-state index in [2.05, 4.69) is 29.2 Å². The summed E-state index contributed by atoms with van der Waals surface area (Å²) in [5.41, 5.74) is 2.79. The second-order valence-corrected chi connectivity index (χ2v) is 5.06. The van der Waals surface area contributed by atoms with E-state index in [4.69, 9.17) is 0 Å². The van der Waals surface area contributed by atoms with E-state index < -0.39 is 5.97 Å². The molecule has 17 heavy (non-hydrogen) atoms. The Morgan fingerprint density at radius 2 is 1.88 bits per heavy atom. The molecule has 90 valence electrons. The average Bonchev–Trinajstić information content (AvgIpc) is 2.95. The molecule has 1 heterocycles. The van der Waals surface area contributed by atoms with Gasteiger partial charge in [0, 0.05) is 6.04 Å². The van der Waals surface area contributed by atoms with Crippen molar-refractivity contribution in [2.45, 2.75) is 37.8 Å². The third-order valence-corrected chi connectivity index (χ3v) is 4.08.